The molecule has 1 rings (SSSR count). The third-order valence-electron chi connectivity index (χ3n) is 3.03. The molecule has 0 bridgehead atoms. The van der Waals surface area contributed by atoms with Crippen molar-refractivity contribution in [1.82, 2.24) is 10.2 Å². The van der Waals surface area contributed by atoms with Gasteiger partial charge in [0.1, 0.15) is 0 Å². The molecule has 1 saturated heterocycles. The predicted molar refractivity (Wildman–Crippen MR) is 80.7 cm³/mol. The summed E-state index contributed by atoms with van der Waals surface area (Å²) in [5, 5.41) is 3.98. The molecule has 0 saturated carbocycles. The lowest BCUT2D eigenvalue weighted by molar-refractivity contribution is -0.140. The predicted octanol–water partition coefficient (Wildman–Crippen LogP) is 1.34. The lowest BCUT2D eigenvalue weighted by Crippen LogP contribution is -2.48. The summed E-state index contributed by atoms with van der Waals surface area (Å²) in [5.41, 5.74) is 0. The smallest absolute Gasteiger partial charge is 0.307 e. The number of carbonyl (C=O) groups excluding carboxylic acids is 1. The summed E-state index contributed by atoms with van der Waals surface area (Å²) in [4.78, 5) is 17.9. The average molecular weight is 287 g/mol. The van der Waals surface area contributed by atoms with E-state index in [0.717, 1.165) is 31.3 Å². The number of aliphatic imine (C=N–C) groups is 1. The number of nitrogens with zero attached hydrogens (tertiary/aromatic N) is 2. The number of hydrogen-bond acceptors (Lipinski definition) is 4. The summed E-state index contributed by atoms with van der Waals surface area (Å²) in [6, 6.07) is 0. The van der Waals surface area contributed by atoms with E-state index in [1.165, 1.54) is 13.5 Å². The Morgan fingerprint density at radius 1 is 1.53 bits per heavy atom. The van der Waals surface area contributed by atoms with Crippen LogP contribution in [0.15, 0.2) is 4.99 Å². The number of esters is 1. The van der Waals surface area contributed by atoms with Crippen molar-refractivity contribution in [3.8, 4) is 0 Å². The molecule has 0 aromatic rings. The molecule has 0 aliphatic carbocycles. The SMILES string of the molecule is CCNC(=NCCC(=O)OC)N1CCSC(CC)C1. The van der Waals surface area contributed by atoms with Gasteiger partial charge >= 0.3 is 5.97 Å². The molecule has 19 heavy (non-hydrogen) atoms. The Labute approximate surface area is 120 Å². The van der Waals surface area contributed by atoms with Gasteiger partial charge in [0.05, 0.1) is 20.1 Å². The topological polar surface area (TPSA) is 53.9 Å². The Bertz CT molecular complexity index is 310. The van der Waals surface area contributed by atoms with Crippen molar-refractivity contribution in [1.29, 1.82) is 0 Å². The van der Waals surface area contributed by atoms with Crippen molar-refractivity contribution < 1.29 is 9.53 Å². The molecule has 6 heteroatoms. The fourth-order valence-corrected chi connectivity index (χ4v) is 3.12. The number of ether oxygens (including phenoxy) is 1. The van der Waals surface area contributed by atoms with Crippen molar-refractivity contribution in [2.24, 2.45) is 4.99 Å². The second kappa shape index (κ2) is 9.07. The molecule has 0 aromatic heterocycles. The molecule has 5 nitrogen and oxygen atoms in total. The van der Waals surface area contributed by atoms with Crippen LogP contribution in [0.4, 0.5) is 0 Å². The number of thioether (sulfide) groups is 1. The van der Waals surface area contributed by atoms with E-state index in [1.54, 1.807) is 0 Å². The van der Waals surface area contributed by atoms with Crippen molar-refractivity contribution in [2.45, 2.75) is 31.9 Å². The van der Waals surface area contributed by atoms with Crippen molar-refractivity contribution >= 4 is 23.7 Å². The van der Waals surface area contributed by atoms with Crippen LogP contribution in [0, 0.1) is 0 Å². The van der Waals surface area contributed by atoms with Crippen molar-refractivity contribution in [3.63, 3.8) is 0 Å². The van der Waals surface area contributed by atoms with Gasteiger partial charge in [0, 0.05) is 30.6 Å². The van der Waals surface area contributed by atoms with E-state index in [0.29, 0.717) is 18.2 Å². The highest BCUT2D eigenvalue weighted by atomic mass is 32.2. The zero-order valence-electron chi connectivity index (χ0n) is 12.1. The highest BCUT2D eigenvalue weighted by Gasteiger charge is 2.21. The Morgan fingerprint density at radius 2 is 2.32 bits per heavy atom. The summed E-state index contributed by atoms with van der Waals surface area (Å²) in [6.45, 7) is 7.66. The van der Waals surface area contributed by atoms with E-state index in [4.69, 9.17) is 0 Å². The van der Waals surface area contributed by atoms with Gasteiger partial charge in [-0.2, -0.15) is 11.8 Å². The Kier molecular flexibility index (Phi) is 7.70. The number of guanidine groups is 1. The maximum absolute atomic E-state index is 11.1. The summed E-state index contributed by atoms with van der Waals surface area (Å²) in [7, 11) is 1.41. The molecule has 0 amide bonds. The van der Waals surface area contributed by atoms with Crippen LogP contribution in [-0.2, 0) is 9.53 Å². The third kappa shape index (κ3) is 5.72. The fourth-order valence-electron chi connectivity index (χ4n) is 1.94. The van der Waals surface area contributed by atoms with E-state index in [-0.39, 0.29) is 5.97 Å². The van der Waals surface area contributed by atoms with Crippen LogP contribution in [0.5, 0.6) is 0 Å². The highest BCUT2D eigenvalue weighted by Crippen LogP contribution is 2.20. The van der Waals surface area contributed by atoms with Crippen LogP contribution in [0.2, 0.25) is 0 Å². The molecule has 1 unspecified atom stereocenters. The van der Waals surface area contributed by atoms with Crippen LogP contribution in [0.3, 0.4) is 0 Å². The Balaban J connectivity index is 2.54. The molecular weight excluding hydrogens is 262 g/mol. The van der Waals surface area contributed by atoms with E-state index < -0.39 is 0 Å². The Morgan fingerprint density at radius 3 is 2.95 bits per heavy atom. The van der Waals surface area contributed by atoms with Crippen LogP contribution in [0.25, 0.3) is 0 Å². The molecule has 1 fully saturated rings. The normalized spacial score (nSPS) is 20.3. The number of rotatable bonds is 5. The molecule has 1 N–H and O–H groups in total. The van der Waals surface area contributed by atoms with E-state index in [9.17, 15) is 4.79 Å². The zero-order valence-corrected chi connectivity index (χ0v) is 13.0. The van der Waals surface area contributed by atoms with Crippen molar-refractivity contribution in [2.75, 3.05) is 39.0 Å². The number of carbonyl (C=O) groups is 1. The fraction of sp³-hybridized carbons (Fsp3) is 0.846. The van der Waals surface area contributed by atoms with Gasteiger partial charge in [-0.25, -0.2) is 0 Å². The van der Waals surface area contributed by atoms with Crippen LogP contribution < -0.4 is 5.32 Å². The summed E-state index contributed by atoms with van der Waals surface area (Å²) < 4.78 is 4.63. The standard InChI is InChI=1S/C13H25N3O2S/c1-4-11-10-16(8-9-19-11)13(14-5-2)15-7-6-12(17)18-3/h11H,4-10H2,1-3H3,(H,14,15). The minimum atomic E-state index is -0.208. The number of methoxy groups -OCH3 is 1. The summed E-state index contributed by atoms with van der Waals surface area (Å²) in [6.07, 6.45) is 1.52. The molecule has 1 aliphatic rings. The van der Waals surface area contributed by atoms with Crippen LogP contribution in [-0.4, -0.2) is 61.1 Å². The average Bonchev–Trinajstić information content (AvgIpc) is 2.46. The minimum Gasteiger partial charge on any atom is -0.469 e. The first-order chi connectivity index (χ1) is 9.21. The van der Waals surface area contributed by atoms with Gasteiger partial charge in [0.2, 0.25) is 0 Å². The maximum Gasteiger partial charge on any atom is 0.307 e. The molecule has 1 aliphatic heterocycles. The molecule has 1 heterocycles. The molecule has 0 spiro atoms. The lowest BCUT2D eigenvalue weighted by atomic mass is 10.3. The molecule has 110 valence electrons. The van der Waals surface area contributed by atoms with Gasteiger partial charge in [-0.05, 0) is 13.3 Å². The second-order valence-corrected chi connectivity index (χ2v) is 5.82. The maximum atomic E-state index is 11.1. The van der Waals surface area contributed by atoms with E-state index in [1.807, 2.05) is 11.8 Å². The quantitative estimate of drug-likeness (QED) is 0.470. The summed E-state index contributed by atoms with van der Waals surface area (Å²) in [5.74, 6) is 1.85. The highest BCUT2D eigenvalue weighted by molar-refractivity contribution is 8.00. The number of nitrogens with one attached hydrogen (secondary N) is 1. The second-order valence-electron chi connectivity index (χ2n) is 4.41. The first-order valence-electron chi connectivity index (χ1n) is 6.92. The third-order valence-corrected chi connectivity index (χ3v) is 4.41. The van der Waals surface area contributed by atoms with Gasteiger partial charge in [0.25, 0.3) is 0 Å². The van der Waals surface area contributed by atoms with Crippen molar-refractivity contribution in [3.05, 3.63) is 0 Å². The monoisotopic (exact) mass is 287 g/mol. The van der Waals surface area contributed by atoms with E-state index >= 15 is 0 Å². The van der Waals surface area contributed by atoms with Crippen LogP contribution in [0.1, 0.15) is 26.7 Å². The first-order valence-corrected chi connectivity index (χ1v) is 7.97. The van der Waals surface area contributed by atoms with Gasteiger partial charge in [0.15, 0.2) is 5.96 Å². The summed E-state index contributed by atoms with van der Waals surface area (Å²) >= 11 is 2.04. The lowest BCUT2D eigenvalue weighted by Gasteiger charge is -2.34. The molecule has 1 atom stereocenters. The van der Waals surface area contributed by atoms with Gasteiger partial charge < -0.3 is 15.0 Å². The molecular formula is C13H25N3O2S. The zero-order chi connectivity index (χ0) is 14.1. The van der Waals surface area contributed by atoms with E-state index in [2.05, 4.69) is 33.8 Å². The van der Waals surface area contributed by atoms with Crippen LogP contribution >= 0.6 is 11.8 Å². The van der Waals surface area contributed by atoms with Gasteiger partial charge in [-0.3, -0.25) is 9.79 Å². The molecule has 0 aromatic carbocycles. The number of hydrogen-bond donors (Lipinski definition) is 1. The molecule has 0 radical (unpaired) electrons. The first kappa shape index (κ1) is 16.1. The van der Waals surface area contributed by atoms with Gasteiger partial charge in [-0.1, -0.05) is 6.92 Å². The minimum absolute atomic E-state index is 0.208. The van der Waals surface area contributed by atoms with Gasteiger partial charge in [-0.15, -0.1) is 0 Å². The Hall–Kier alpha value is -0.910. The largest absolute Gasteiger partial charge is 0.469 e.